The van der Waals surface area contributed by atoms with Gasteiger partial charge in [-0.25, -0.2) is 0 Å². The summed E-state index contributed by atoms with van der Waals surface area (Å²) in [6.45, 7) is 0. The molecule has 1 aliphatic carbocycles. The Morgan fingerprint density at radius 2 is 2.29 bits per heavy atom. The number of carbonyl (C=O) groups excluding carboxylic acids is 1. The average molecular weight is 94.1 g/mol. The van der Waals surface area contributed by atoms with Crippen molar-refractivity contribution in [3.05, 3.63) is 0 Å². The Kier molecular flexibility index (Phi) is 1.12. The molecular formula is C6H6O. The van der Waals surface area contributed by atoms with Crippen molar-refractivity contribution in [1.82, 2.24) is 0 Å². The highest BCUT2D eigenvalue weighted by Crippen LogP contribution is 1.97. The van der Waals surface area contributed by atoms with E-state index in [1.54, 1.807) is 0 Å². The van der Waals surface area contributed by atoms with E-state index in [0.717, 1.165) is 6.42 Å². The van der Waals surface area contributed by atoms with E-state index >= 15 is 0 Å². The molecule has 0 radical (unpaired) electrons. The first-order valence-electron chi connectivity index (χ1n) is 2.37. The standard InChI is InChI=1S/C6H6O/c7-6-4-2-1-3-5-6/h2,4-5H2. The number of rotatable bonds is 0. The van der Waals surface area contributed by atoms with Gasteiger partial charge in [0.05, 0.1) is 6.42 Å². The highest BCUT2D eigenvalue weighted by molar-refractivity contribution is 5.82. The van der Waals surface area contributed by atoms with Gasteiger partial charge in [-0.2, -0.15) is 0 Å². The lowest BCUT2D eigenvalue weighted by atomic mass is 10.1. The Bertz CT molecular complexity index is 136. The van der Waals surface area contributed by atoms with Crippen molar-refractivity contribution in [3.8, 4) is 11.8 Å². The van der Waals surface area contributed by atoms with Crippen LogP contribution in [0.1, 0.15) is 19.3 Å². The maximum Gasteiger partial charge on any atom is 0.145 e. The van der Waals surface area contributed by atoms with Crippen molar-refractivity contribution in [2.45, 2.75) is 19.3 Å². The topological polar surface area (TPSA) is 17.1 Å². The van der Waals surface area contributed by atoms with E-state index in [9.17, 15) is 4.79 Å². The van der Waals surface area contributed by atoms with Gasteiger partial charge in [0, 0.05) is 12.8 Å². The summed E-state index contributed by atoms with van der Waals surface area (Å²) in [6.07, 6.45) is 1.94. The minimum Gasteiger partial charge on any atom is -0.299 e. The van der Waals surface area contributed by atoms with Crippen LogP contribution in [0.4, 0.5) is 0 Å². The number of ketones is 1. The lowest BCUT2D eigenvalue weighted by Gasteiger charge is -1.93. The fourth-order valence-electron chi connectivity index (χ4n) is 0.540. The minimum atomic E-state index is 0.291. The second kappa shape index (κ2) is 1.79. The molecular weight excluding hydrogens is 88.1 g/mol. The van der Waals surface area contributed by atoms with Crippen molar-refractivity contribution in [3.63, 3.8) is 0 Å². The SMILES string of the molecule is O=C1CC#CCC1. The van der Waals surface area contributed by atoms with Crippen molar-refractivity contribution in [1.29, 1.82) is 0 Å². The van der Waals surface area contributed by atoms with Crippen LogP contribution in [0.25, 0.3) is 0 Å². The third-order valence-corrected chi connectivity index (χ3v) is 0.939. The van der Waals surface area contributed by atoms with Gasteiger partial charge in [0.15, 0.2) is 0 Å². The molecule has 0 spiro atoms. The second-order valence-corrected chi connectivity index (χ2v) is 1.57. The van der Waals surface area contributed by atoms with Gasteiger partial charge in [0.2, 0.25) is 0 Å². The van der Waals surface area contributed by atoms with Crippen molar-refractivity contribution < 1.29 is 4.79 Å². The Balaban J connectivity index is 2.55. The Morgan fingerprint density at radius 1 is 1.43 bits per heavy atom. The van der Waals surface area contributed by atoms with Gasteiger partial charge in [-0.05, 0) is 0 Å². The smallest absolute Gasteiger partial charge is 0.145 e. The zero-order valence-electron chi connectivity index (χ0n) is 4.03. The Hall–Kier alpha value is -0.770. The molecule has 1 rings (SSSR count). The summed E-state index contributed by atoms with van der Waals surface area (Å²) in [5, 5.41) is 0. The molecule has 0 fully saturated rings. The number of Topliss-reactive ketones (excluding diaryl/α,β-unsaturated/α-hetero) is 1. The van der Waals surface area contributed by atoms with Gasteiger partial charge < -0.3 is 0 Å². The van der Waals surface area contributed by atoms with E-state index in [0.29, 0.717) is 18.6 Å². The molecule has 0 aromatic carbocycles. The molecule has 0 saturated carbocycles. The van der Waals surface area contributed by atoms with Gasteiger partial charge in [-0.1, -0.05) is 5.92 Å². The number of carbonyl (C=O) groups is 1. The summed E-state index contributed by atoms with van der Waals surface area (Å²) in [5.41, 5.74) is 0. The van der Waals surface area contributed by atoms with E-state index in [4.69, 9.17) is 0 Å². The third-order valence-electron chi connectivity index (χ3n) is 0.939. The fourth-order valence-corrected chi connectivity index (χ4v) is 0.540. The van der Waals surface area contributed by atoms with Gasteiger partial charge in [0.1, 0.15) is 5.78 Å². The molecule has 1 heteroatoms. The monoisotopic (exact) mass is 94.0 g/mol. The van der Waals surface area contributed by atoms with Gasteiger partial charge in [0.25, 0.3) is 0 Å². The molecule has 0 atom stereocenters. The molecule has 0 aliphatic heterocycles. The second-order valence-electron chi connectivity index (χ2n) is 1.57. The summed E-state index contributed by atoms with van der Waals surface area (Å²) >= 11 is 0. The third kappa shape index (κ3) is 1.04. The molecule has 1 aliphatic rings. The first kappa shape index (κ1) is 4.39. The van der Waals surface area contributed by atoms with Crippen molar-refractivity contribution >= 4 is 5.78 Å². The van der Waals surface area contributed by atoms with Crippen LogP contribution in [0.3, 0.4) is 0 Å². The maximum atomic E-state index is 10.4. The first-order chi connectivity index (χ1) is 3.39. The summed E-state index contributed by atoms with van der Waals surface area (Å²) in [5.74, 6) is 5.87. The van der Waals surface area contributed by atoms with Crippen LogP contribution in [-0.2, 0) is 4.79 Å². The fraction of sp³-hybridized carbons (Fsp3) is 0.500. The Labute approximate surface area is 42.7 Å². The molecule has 1 nitrogen and oxygen atoms in total. The van der Waals surface area contributed by atoms with Gasteiger partial charge in [-0.3, -0.25) is 4.79 Å². The lowest BCUT2D eigenvalue weighted by molar-refractivity contribution is -0.118. The predicted octanol–water partition coefficient (Wildman–Crippen LogP) is 0.743. The highest BCUT2D eigenvalue weighted by Gasteiger charge is 1.99. The van der Waals surface area contributed by atoms with Crippen LogP contribution in [-0.4, -0.2) is 5.78 Å². The van der Waals surface area contributed by atoms with Crippen molar-refractivity contribution in [2.24, 2.45) is 0 Å². The van der Waals surface area contributed by atoms with E-state index in [-0.39, 0.29) is 0 Å². The van der Waals surface area contributed by atoms with Gasteiger partial charge in [-0.15, -0.1) is 5.92 Å². The van der Waals surface area contributed by atoms with Crippen LogP contribution >= 0.6 is 0 Å². The zero-order valence-corrected chi connectivity index (χ0v) is 4.03. The van der Waals surface area contributed by atoms with Crippen LogP contribution < -0.4 is 0 Å². The Morgan fingerprint density at radius 3 is 2.57 bits per heavy atom. The summed E-state index contributed by atoms with van der Waals surface area (Å²) in [6, 6.07) is 0. The van der Waals surface area contributed by atoms with E-state index in [2.05, 4.69) is 11.8 Å². The molecule has 0 unspecified atom stereocenters. The van der Waals surface area contributed by atoms with E-state index < -0.39 is 0 Å². The van der Waals surface area contributed by atoms with E-state index in [1.807, 2.05) is 0 Å². The predicted molar refractivity (Wildman–Crippen MR) is 26.6 cm³/mol. The molecule has 36 valence electrons. The van der Waals surface area contributed by atoms with E-state index in [1.165, 1.54) is 0 Å². The maximum absolute atomic E-state index is 10.4. The largest absolute Gasteiger partial charge is 0.299 e. The minimum absolute atomic E-state index is 0.291. The molecule has 0 saturated heterocycles. The normalized spacial score (nSPS) is 18.0. The molecule has 0 bridgehead atoms. The zero-order chi connectivity index (χ0) is 5.11. The number of hydrogen-bond donors (Lipinski definition) is 0. The molecule has 0 N–H and O–H groups in total. The molecule has 7 heavy (non-hydrogen) atoms. The quantitative estimate of drug-likeness (QED) is 0.405. The van der Waals surface area contributed by atoms with Crippen LogP contribution in [0.15, 0.2) is 0 Å². The lowest BCUT2D eigenvalue weighted by Crippen LogP contribution is -1.97. The van der Waals surface area contributed by atoms with Crippen LogP contribution in [0.2, 0.25) is 0 Å². The van der Waals surface area contributed by atoms with Crippen LogP contribution in [0, 0.1) is 11.8 Å². The summed E-state index contributed by atoms with van der Waals surface area (Å²) in [4.78, 5) is 10.4. The molecule has 0 amide bonds. The number of hydrogen-bond acceptors (Lipinski definition) is 1. The molecule has 0 aromatic rings. The first-order valence-corrected chi connectivity index (χ1v) is 2.37. The van der Waals surface area contributed by atoms with Crippen molar-refractivity contribution in [2.75, 3.05) is 0 Å². The summed E-state index contributed by atoms with van der Waals surface area (Å²) in [7, 11) is 0. The summed E-state index contributed by atoms with van der Waals surface area (Å²) < 4.78 is 0. The molecule has 0 aromatic heterocycles. The molecule has 0 heterocycles. The average Bonchev–Trinajstić information content (AvgIpc) is 1.69. The van der Waals surface area contributed by atoms with Gasteiger partial charge >= 0.3 is 0 Å². The highest BCUT2D eigenvalue weighted by atomic mass is 16.1. The van der Waals surface area contributed by atoms with Crippen LogP contribution in [0.5, 0.6) is 0 Å².